The zero-order chi connectivity index (χ0) is 17.4. The maximum Gasteiger partial charge on any atom is 0.326 e. The Labute approximate surface area is 158 Å². The molecule has 1 aliphatic heterocycles. The highest BCUT2D eigenvalue weighted by molar-refractivity contribution is 8.22. The first-order valence-electron chi connectivity index (χ1n) is 7.90. The summed E-state index contributed by atoms with van der Waals surface area (Å²) in [5.41, 5.74) is 3.22. The Morgan fingerprint density at radius 2 is 2.20 bits per heavy atom. The van der Waals surface area contributed by atoms with Crippen LogP contribution in [0, 0.1) is 0 Å². The average Bonchev–Trinajstić information content (AvgIpc) is 3.25. The van der Waals surface area contributed by atoms with Crippen molar-refractivity contribution in [3.8, 4) is 0 Å². The second-order valence-electron chi connectivity index (χ2n) is 5.95. The molecule has 1 atom stereocenters. The monoisotopic (exact) mass is 388 g/mol. The third-order valence-electron chi connectivity index (χ3n) is 4.44. The predicted octanol–water partition coefficient (Wildman–Crippen LogP) is 4.26. The number of carboxylic acid groups (broad SMARTS) is 1. The lowest BCUT2D eigenvalue weighted by molar-refractivity contribution is -0.142. The summed E-state index contributed by atoms with van der Waals surface area (Å²) in [6, 6.07) is 11.5. The molecule has 1 aromatic carbocycles. The van der Waals surface area contributed by atoms with E-state index in [2.05, 4.69) is 11.1 Å². The van der Waals surface area contributed by atoms with Gasteiger partial charge in [-0.25, -0.2) is 4.79 Å². The van der Waals surface area contributed by atoms with E-state index in [1.54, 1.807) is 11.3 Å². The van der Waals surface area contributed by atoms with Crippen LogP contribution in [0.4, 0.5) is 0 Å². The number of H-pyrrole nitrogens is 1. The molecule has 0 aliphatic carbocycles. The largest absolute Gasteiger partial charge is 0.480 e. The van der Waals surface area contributed by atoms with Gasteiger partial charge < -0.3 is 15.0 Å². The highest BCUT2D eigenvalue weighted by Gasteiger charge is 2.34. The van der Waals surface area contributed by atoms with Crippen LogP contribution in [0.5, 0.6) is 0 Å². The van der Waals surface area contributed by atoms with Gasteiger partial charge >= 0.3 is 5.97 Å². The van der Waals surface area contributed by atoms with Crippen LogP contribution in [0.2, 0.25) is 0 Å². The number of fused-ring (bicyclic) bond motifs is 3. The fraction of sp³-hybridized carbons (Fsp3) is 0.222. The summed E-state index contributed by atoms with van der Waals surface area (Å²) in [7, 11) is 0. The third kappa shape index (κ3) is 3.19. The highest BCUT2D eigenvalue weighted by Crippen LogP contribution is 2.32. The molecule has 0 saturated carbocycles. The van der Waals surface area contributed by atoms with Crippen molar-refractivity contribution >= 4 is 56.5 Å². The van der Waals surface area contributed by atoms with Crippen molar-refractivity contribution in [2.24, 2.45) is 0 Å². The number of thiocarbonyl (C=S) groups is 1. The zero-order valence-corrected chi connectivity index (χ0v) is 15.7. The number of para-hydroxylation sites is 1. The normalized spacial score (nSPS) is 16.8. The molecule has 2 aromatic heterocycles. The fourth-order valence-electron chi connectivity index (χ4n) is 3.23. The molecule has 4 nitrogen and oxygen atoms in total. The molecule has 3 aromatic rings. The molecule has 25 heavy (non-hydrogen) atoms. The van der Waals surface area contributed by atoms with E-state index >= 15 is 0 Å². The van der Waals surface area contributed by atoms with Gasteiger partial charge in [-0.15, -0.1) is 11.3 Å². The quantitative estimate of drug-likeness (QED) is 0.657. The molecular formula is C18H16N2O2S3. The van der Waals surface area contributed by atoms with Crippen molar-refractivity contribution in [1.29, 1.82) is 0 Å². The number of carbonyl (C=O) groups is 1. The average molecular weight is 389 g/mol. The van der Waals surface area contributed by atoms with Crippen LogP contribution >= 0.6 is 35.3 Å². The number of hydrogen-bond donors (Lipinski definition) is 2. The Bertz CT molecular complexity index is 933. The van der Waals surface area contributed by atoms with E-state index < -0.39 is 12.0 Å². The third-order valence-corrected chi connectivity index (χ3v) is 7.03. The van der Waals surface area contributed by atoms with Crippen molar-refractivity contribution in [1.82, 2.24) is 9.88 Å². The summed E-state index contributed by atoms with van der Waals surface area (Å²) in [4.78, 5) is 18.4. The summed E-state index contributed by atoms with van der Waals surface area (Å²) in [5.74, 6) is -0.0474. The Hall–Kier alpha value is -1.83. The van der Waals surface area contributed by atoms with E-state index in [-0.39, 0.29) is 0 Å². The minimum Gasteiger partial charge on any atom is -0.480 e. The lowest BCUT2D eigenvalue weighted by Crippen LogP contribution is -2.47. The molecule has 0 bridgehead atoms. The first-order chi connectivity index (χ1) is 12.1. The Kier molecular flexibility index (Phi) is 4.54. The topological polar surface area (TPSA) is 56.3 Å². The minimum atomic E-state index is -0.824. The molecule has 0 radical (unpaired) electrons. The molecule has 0 fully saturated rings. The molecule has 1 aliphatic rings. The minimum absolute atomic E-state index is 0.467. The van der Waals surface area contributed by atoms with Crippen LogP contribution in [0.1, 0.15) is 16.1 Å². The van der Waals surface area contributed by atoms with Gasteiger partial charge in [-0.1, -0.05) is 48.2 Å². The summed E-state index contributed by atoms with van der Waals surface area (Å²) >= 11 is 8.79. The van der Waals surface area contributed by atoms with Crippen LogP contribution in [0.15, 0.2) is 41.8 Å². The molecular weight excluding hydrogens is 372 g/mol. The Balaban J connectivity index is 1.60. The first kappa shape index (κ1) is 16.6. The van der Waals surface area contributed by atoms with Crippen LogP contribution in [-0.2, 0) is 23.5 Å². The van der Waals surface area contributed by atoms with Gasteiger partial charge in [-0.3, -0.25) is 0 Å². The van der Waals surface area contributed by atoms with Crippen molar-refractivity contribution in [2.75, 3.05) is 0 Å². The summed E-state index contributed by atoms with van der Waals surface area (Å²) in [6.07, 6.45) is 0.467. The standard InChI is InChI=1S/C18H16N2O2S3/c21-17(22)16-8-13-12-5-1-2-6-14(12)19-15(13)9-20(16)18(23)25-10-11-4-3-7-24-11/h1-7,16,19H,8-10H2,(H,21,22)/t16-/m1/s1. The molecule has 0 saturated heterocycles. The first-order valence-corrected chi connectivity index (χ1v) is 10.2. The molecule has 0 unspecified atom stereocenters. The van der Waals surface area contributed by atoms with E-state index in [4.69, 9.17) is 12.2 Å². The zero-order valence-electron chi connectivity index (χ0n) is 13.3. The van der Waals surface area contributed by atoms with E-state index in [0.717, 1.165) is 27.9 Å². The van der Waals surface area contributed by atoms with Gasteiger partial charge in [-0.2, -0.15) is 0 Å². The van der Waals surface area contributed by atoms with Gasteiger partial charge in [-0.05, 0) is 23.1 Å². The number of benzene rings is 1. The second-order valence-corrected chi connectivity index (χ2v) is 8.59. The smallest absolute Gasteiger partial charge is 0.326 e. The van der Waals surface area contributed by atoms with Crippen molar-refractivity contribution < 1.29 is 9.90 Å². The van der Waals surface area contributed by atoms with Gasteiger partial charge in [0.25, 0.3) is 0 Å². The van der Waals surface area contributed by atoms with E-state index in [1.165, 1.54) is 16.6 Å². The molecule has 7 heteroatoms. The van der Waals surface area contributed by atoms with E-state index in [1.807, 2.05) is 40.6 Å². The summed E-state index contributed by atoms with van der Waals surface area (Å²) in [5, 5.41) is 12.9. The lowest BCUT2D eigenvalue weighted by atomic mass is 9.97. The number of nitrogens with one attached hydrogen (secondary N) is 1. The molecule has 0 spiro atoms. The predicted molar refractivity (Wildman–Crippen MR) is 107 cm³/mol. The van der Waals surface area contributed by atoms with Crippen molar-refractivity contribution in [3.05, 3.63) is 57.9 Å². The molecule has 3 heterocycles. The molecule has 4 rings (SSSR count). The van der Waals surface area contributed by atoms with Gasteiger partial charge in [0.05, 0.1) is 6.54 Å². The molecule has 0 amide bonds. The summed E-state index contributed by atoms with van der Waals surface area (Å²) < 4.78 is 0.644. The highest BCUT2D eigenvalue weighted by atomic mass is 32.2. The number of thioether (sulfide) groups is 1. The number of rotatable bonds is 3. The second kappa shape index (κ2) is 6.82. The number of aromatic nitrogens is 1. The Morgan fingerprint density at radius 1 is 1.36 bits per heavy atom. The number of aliphatic carboxylic acids is 1. The maximum absolute atomic E-state index is 11.9. The Morgan fingerprint density at radius 3 is 2.96 bits per heavy atom. The fourth-order valence-corrected chi connectivity index (χ4v) is 5.26. The SMILES string of the molecule is O=C(O)[C@H]1Cc2c([nH]c3ccccc23)CN1C(=S)SCc1cccs1. The molecule has 128 valence electrons. The summed E-state index contributed by atoms with van der Waals surface area (Å²) in [6.45, 7) is 0.511. The van der Waals surface area contributed by atoms with E-state index in [9.17, 15) is 9.90 Å². The van der Waals surface area contributed by atoms with Crippen LogP contribution in [0.25, 0.3) is 10.9 Å². The number of carboxylic acids is 1. The van der Waals surface area contributed by atoms with Crippen molar-refractivity contribution in [3.63, 3.8) is 0 Å². The van der Waals surface area contributed by atoms with E-state index in [0.29, 0.717) is 17.3 Å². The van der Waals surface area contributed by atoms with Crippen LogP contribution in [-0.4, -0.2) is 31.3 Å². The van der Waals surface area contributed by atoms with Crippen LogP contribution < -0.4 is 0 Å². The lowest BCUT2D eigenvalue weighted by Gasteiger charge is -2.34. The number of aromatic amines is 1. The number of hydrogen-bond acceptors (Lipinski definition) is 4. The van der Waals surface area contributed by atoms with Gasteiger partial charge in [0.2, 0.25) is 0 Å². The molecule has 2 N–H and O–H groups in total. The van der Waals surface area contributed by atoms with Gasteiger partial charge in [0.15, 0.2) is 0 Å². The van der Waals surface area contributed by atoms with Crippen LogP contribution in [0.3, 0.4) is 0 Å². The van der Waals surface area contributed by atoms with Gasteiger partial charge in [0, 0.05) is 33.6 Å². The van der Waals surface area contributed by atoms with Crippen molar-refractivity contribution in [2.45, 2.75) is 24.8 Å². The number of nitrogens with zero attached hydrogens (tertiary/aromatic N) is 1. The number of thiophene rings is 1. The maximum atomic E-state index is 11.9. The van der Waals surface area contributed by atoms with Gasteiger partial charge in [0.1, 0.15) is 10.4 Å².